The molecular formula is C29H25N7O5S. The number of carbonyl (C=O) groups is 1. The van der Waals surface area contributed by atoms with Gasteiger partial charge in [0.05, 0.1) is 17.1 Å². The lowest BCUT2D eigenvalue weighted by molar-refractivity contribution is -0.402. The van der Waals surface area contributed by atoms with Crippen LogP contribution < -0.4 is 10.2 Å². The zero-order valence-electron chi connectivity index (χ0n) is 22.4. The highest BCUT2D eigenvalue weighted by Gasteiger charge is 2.19. The van der Waals surface area contributed by atoms with E-state index in [1.54, 1.807) is 35.7 Å². The minimum absolute atomic E-state index is 0.0788. The van der Waals surface area contributed by atoms with E-state index in [0.717, 1.165) is 31.9 Å². The van der Waals surface area contributed by atoms with Crippen molar-refractivity contribution in [3.05, 3.63) is 87.4 Å². The van der Waals surface area contributed by atoms with Crippen molar-refractivity contribution in [3.63, 3.8) is 0 Å². The number of benzene rings is 2. The van der Waals surface area contributed by atoms with Gasteiger partial charge in [0.15, 0.2) is 5.82 Å². The van der Waals surface area contributed by atoms with Gasteiger partial charge in [-0.2, -0.15) is 0 Å². The van der Waals surface area contributed by atoms with Crippen LogP contribution in [0.4, 0.5) is 17.4 Å². The number of anilines is 2. The van der Waals surface area contributed by atoms with Crippen LogP contribution in [0.1, 0.15) is 22.1 Å². The number of furan rings is 1. The Hall–Kier alpha value is -5.14. The number of aromatic hydroxyl groups is 1. The maximum absolute atomic E-state index is 13.3. The molecule has 0 aliphatic carbocycles. The topological polar surface area (TPSA) is 151 Å². The summed E-state index contributed by atoms with van der Waals surface area (Å²) in [7, 11) is 2.10. The Bertz CT molecular complexity index is 1820. The number of hydrogen-bond acceptors (Lipinski definition) is 11. The molecule has 5 aromatic rings. The number of carbonyl (C=O) groups excluding carboxylic acids is 1. The van der Waals surface area contributed by atoms with Crippen LogP contribution in [0.3, 0.4) is 0 Å². The third kappa shape index (κ3) is 5.68. The summed E-state index contributed by atoms with van der Waals surface area (Å²) in [5, 5.41) is 26.8. The number of nitrogens with one attached hydrogen (secondary N) is 1. The standard InChI is InChI=1S/C29H25N7O5S/c1-34-12-14-35(15-13-34)18-6-9-20-22(16-18)30-25(10-7-19-8-11-26(41-19)36(39)40)32-27(20)33-28(38)23-17-42-29(31-23)21-4-2-3-5-24(21)37/h2-11,16-17,37H,12-15H2,1H3,(H,30,32,33,38)/b10-7+. The maximum atomic E-state index is 13.3. The van der Waals surface area contributed by atoms with Gasteiger partial charge in [0.1, 0.15) is 33.0 Å². The molecule has 0 spiro atoms. The van der Waals surface area contributed by atoms with Crippen LogP contribution in [0.2, 0.25) is 0 Å². The molecule has 2 aromatic carbocycles. The highest BCUT2D eigenvalue weighted by atomic mass is 32.1. The Morgan fingerprint density at radius 3 is 2.64 bits per heavy atom. The molecule has 12 nitrogen and oxygen atoms in total. The smallest absolute Gasteiger partial charge is 0.433 e. The molecule has 1 amide bonds. The molecule has 212 valence electrons. The first-order chi connectivity index (χ1) is 20.3. The second-order valence-corrected chi connectivity index (χ2v) is 10.6. The van der Waals surface area contributed by atoms with Gasteiger partial charge >= 0.3 is 5.88 Å². The van der Waals surface area contributed by atoms with Gasteiger partial charge in [-0.25, -0.2) is 15.0 Å². The number of para-hydroxylation sites is 1. The van der Waals surface area contributed by atoms with E-state index in [0.29, 0.717) is 21.5 Å². The number of thiazole rings is 1. The molecular weight excluding hydrogens is 558 g/mol. The molecule has 1 aliphatic heterocycles. The van der Waals surface area contributed by atoms with Crippen molar-refractivity contribution >= 4 is 57.7 Å². The zero-order chi connectivity index (χ0) is 29.2. The van der Waals surface area contributed by atoms with Crippen LogP contribution in [0, 0.1) is 10.1 Å². The molecule has 1 aliphatic rings. The maximum Gasteiger partial charge on any atom is 0.433 e. The highest BCUT2D eigenvalue weighted by Crippen LogP contribution is 2.32. The second kappa shape index (κ2) is 11.4. The van der Waals surface area contributed by atoms with Gasteiger partial charge in [-0.05, 0) is 55.6 Å². The lowest BCUT2D eigenvalue weighted by atomic mass is 10.1. The number of likely N-dealkylation sites (N-methyl/N-ethyl adjacent to an activating group) is 1. The van der Waals surface area contributed by atoms with E-state index < -0.39 is 10.8 Å². The van der Waals surface area contributed by atoms with Gasteiger partial charge in [0.2, 0.25) is 0 Å². The van der Waals surface area contributed by atoms with Gasteiger partial charge in [-0.1, -0.05) is 12.1 Å². The van der Waals surface area contributed by atoms with E-state index in [2.05, 4.69) is 32.1 Å². The average Bonchev–Trinajstić information content (AvgIpc) is 3.67. The molecule has 1 saturated heterocycles. The predicted molar refractivity (Wildman–Crippen MR) is 161 cm³/mol. The van der Waals surface area contributed by atoms with Crippen LogP contribution in [-0.4, -0.2) is 69.0 Å². The quantitative estimate of drug-likeness (QED) is 0.195. The van der Waals surface area contributed by atoms with Crippen LogP contribution >= 0.6 is 11.3 Å². The second-order valence-electron chi connectivity index (χ2n) is 9.70. The minimum Gasteiger partial charge on any atom is -0.507 e. The number of rotatable bonds is 7. The lowest BCUT2D eigenvalue weighted by Gasteiger charge is -2.34. The van der Waals surface area contributed by atoms with E-state index in [-0.39, 0.29) is 34.7 Å². The number of amides is 1. The fourth-order valence-electron chi connectivity index (χ4n) is 4.58. The Kier molecular flexibility index (Phi) is 7.33. The molecule has 0 radical (unpaired) electrons. The first-order valence-corrected chi connectivity index (χ1v) is 13.9. The van der Waals surface area contributed by atoms with Crippen LogP contribution in [0.15, 0.2) is 64.4 Å². The predicted octanol–water partition coefficient (Wildman–Crippen LogP) is 5.13. The molecule has 13 heteroatoms. The number of phenols is 1. The number of hydrogen-bond donors (Lipinski definition) is 2. The molecule has 42 heavy (non-hydrogen) atoms. The van der Waals surface area contributed by atoms with Crippen LogP contribution in [0.25, 0.3) is 33.6 Å². The number of piperazine rings is 1. The normalized spacial score (nSPS) is 14.1. The number of aromatic nitrogens is 3. The van der Waals surface area contributed by atoms with Crippen LogP contribution in [0.5, 0.6) is 5.75 Å². The van der Waals surface area contributed by atoms with Crippen molar-refractivity contribution < 1.29 is 19.2 Å². The molecule has 4 heterocycles. The van der Waals surface area contributed by atoms with Crippen molar-refractivity contribution in [2.75, 3.05) is 43.4 Å². The first-order valence-electron chi connectivity index (χ1n) is 13.1. The number of nitro groups is 1. The first kappa shape index (κ1) is 27.1. The number of fused-ring (bicyclic) bond motifs is 1. The van der Waals surface area contributed by atoms with E-state index in [1.165, 1.54) is 29.5 Å². The Morgan fingerprint density at radius 1 is 1.07 bits per heavy atom. The molecule has 2 N–H and O–H groups in total. The van der Waals surface area contributed by atoms with E-state index in [1.807, 2.05) is 18.2 Å². The summed E-state index contributed by atoms with van der Waals surface area (Å²) in [4.78, 5) is 41.9. The molecule has 3 aromatic heterocycles. The number of nitrogens with zero attached hydrogens (tertiary/aromatic N) is 6. The molecule has 1 fully saturated rings. The SMILES string of the molecule is CN1CCN(c2ccc3c(NC(=O)c4csc(-c5ccccc5O)n4)nc(/C=C/c4ccc([N+](=O)[O-])o4)nc3c2)CC1. The van der Waals surface area contributed by atoms with Crippen LogP contribution in [-0.2, 0) is 0 Å². The summed E-state index contributed by atoms with van der Waals surface area (Å²) in [6.45, 7) is 3.65. The summed E-state index contributed by atoms with van der Waals surface area (Å²) < 4.78 is 5.21. The molecule has 6 rings (SSSR count). The van der Waals surface area contributed by atoms with Gasteiger partial charge in [0, 0.05) is 42.6 Å². The summed E-state index contributed by atoms with van der Waals surface area (Å²) in [6.07, 6.45) is 3.10. The fraction of sp³-hybridized carbons (Fsp3) is 0.172. The Balaban J connectivity index is 1.33. The van der Waals surface area contributed by atoms with Gasteiger partial charge < -0.3 is 24.6 Å². The molecule has 0 saturated carbocycles. The molecule has 0 bridgehead atoms. The average molecular weight is 584 g/mol. The summed E-state index contributed by atoms with van der Waals surface area (Å²) >= 11 is 1.25. The lowest BCUT2D eigenvalue weighted by Crippen LogP contribution is -2.44. The zero-order valence-corrected chi connectivity index (χ0v) is 23.2. The van der Waals surface area contributed by atoms with Crippen molar-refractivity contribution in [3.8, 4) is 16.3 Å². The van der Waals surface area contributed by atoms with Crippen molar-refractivity contribution in [2.24, 2.45) is 0 Å². The summed E-state index contributed by atoms with van der Waals surface area (Å²) in [6, 6.07) is 15.4. The van der Waals surface area contributed by atoms with Gasteiger partial charge in [0.25, 0.3) is 5.91 Å². The molecule has 0 atom stereocenters. The Morgan fingerprint density at radius 2 is 1.88 bits per heavy atom. The molecule has 0 unspecified atom stereocenters. The van der Waals surface area contributed by atoms with E-state index in [9.17, 15) is 20.0 Å². The minimum atomic E-state index is -0.611. The van der Waals surface area contributed by atoms with E-state index >= 15 is 0 Å². The third-order valence-electron chi connectivity index (χ3n) is 6.86. The fourth-order valence-corrected chi connectivity index (χ4v) is 5.42. The van der Waals surface area contributed by atoms with Gasteiger partial charge in [-0.15, -0.1) is 11.3 Å². The number of phenolic OH excluding ortho intramolecular Hbond substituents is 1. The third-order valence-corrected chi connectivity index (χ3v) is 7.73. The van der Waals surface area contributed by atoms with Gasteiger partial charge in [-0.3, -0.25) is 14.9 Å². The van der Waals surface area contributed by atoms with Crippen molar-refractivity contribution in [2.45, 2.75) is 0 Å². The largest absolute Gasteiger partial charge is 0.507 e. The Labute approximate surface area is 243 Å². The van der Waals surface area contributed by atoms with Crippen molar-refractivity contribution in [1.29, 1.82) is 0 Å². The highest BCUT2D eigenvalue weighted by molar-refractivity contribution is 7.13. The summed E-state index contributed by atoms with van der Waals surface area (Å²) in [5.41, 5.74) is 2.35. The van der Waals surface area contributed by atoms with Crippen molar-refractivity contribution in [1.82, 2.24) is 19.9 Å². The van der Waals surface area contributed by atoms with E-state index in [4.69, 9.17) is 9.40 Å². The summed E-state index contributed by atoms with van der Waals surface area (Å²) in [5.74, 6) is 0.0760. The monoisotopic (exact) mass is 583 g/mol.